The van der Waals surface area contributed by atoms with Crippen LogP contribution in [0.2, 0.25) is 18.6 Å². The minimum atomic E-state index is -2.28. The number of para-hydroxylation sites is 2. The van der Waals surface area contributed by atoms with Crippen molar-refractivity contribution in [3.63, 3.8) is 0 Å². The highest BCUT2D eigenvalue weighted by atomic mass is 79.9. The molecule has 4 aromatic carbocycles. The minimum absolute atomic E-state index is 0.0313. The number of fused-ring (bicyclic) bond motifs is 3. The van der Waals surface area contributed by atoms with Gasteiger partial charge in [0.25, 0.3) is 11.8 Å². The predicted octanol–water partition coefficient (Wildman–Crippen LogP) is 6.66. The molecule has 0 saturated carbocycles. The molecule has 0 radical (unpaired) electrons. The van der Waals surface area contributed by atoms with E-state index in [0.717, 1.165) is 27.0 Å². The van der Waals surface area contributed by atoms with Crippen LogP contribution >= 0.6 is 15.9 Å². The molecule has 1 saturated heterocycles. The number of aliphatic hydroxyl groups excluding tert-OH is 1. The lowest BCUT2D eigenvalue weighted by atomic mass is 9.82. The van der Waals surface area contributed by atoms with E-state index in [1.165, 1.54) is 5.19 Å². The second kappa shape index (κ2) is 12.5. The Balaban J connectivity index is 1.26. The molecule has 248 valence electrons. The van der Waals surface area contributed by atoms with E-state index in [1.54, 1.807) is 12.0 Å². The number of hydrogen-bond donors (Lipinski definition) is 1. The zero-order chi connectivity index (χ0) is 33.8. The fourth-order valence-electron chi connectivity index (χ4n) is 8.20. The number of benzene rings is 4. The number of methoxy groups -OCH3 is 1. The van der Waals surface area contributed by atoms with Crippen LogP contribution in [0.1, 0.15) is 24.5 Å². The van der Waals surface area contributed by atoms with E-state index < -0.39 is 13.7 Å². The number of ether oxygens (including phenoxy) is 3. The highest BCUT2D eigenvalue weighted by Crippen LogP contribution is 2.60. The largest absolute Gasteiger partial charge is 0.497 e. The van der Waals surface area contributed by atoms with Crippen LogP contribution in [0, 0.1) is 5.92 Å². The maximum atomic E-state index is 15.0. The lowest BCUT2D eigenvalue weighted by Gasteiger charge is -2.37. The van der Waals surface area contributed by atoms with Gasteiger partial charge in [0.15, 0.2) is 12.2 Å². The molecule has 0 bridgehead atoms. The summed E-state index contributed by atoms with van der Waals surface area (Å²) in [6, 6.07) is 29.5. The second-order valence-corrected chi connectivity index (χ2v) is 19.0. The Labute approximate surface area is 290 Å². The summed E-state index contributed by atoms with van der Waals surface area (Å²) in [5.74, 6) is 1.02. The van der Waals surface area contributed by atoms with Crippen molar-refractivity contribution in [1.29, 1.82) is 0 Å². The number of carbonyl (C=O) groups excluding carboxylic acids is 2. The summed E-state index contributed by atoms with van der Waals surface area (Å²) < 4.78 is 19.0. The Bertz CT molecular complexity index is 1880. The molecule has 2 amide bonds. The molecule has 1 fully saturated rings. The average molecular weight is 728 g/mol. The van der Waals surface area contributed by atoms with Crippen molar-refractivity contribution in [3.8, 4) is 11.5 Å². The Kier molecular flexibility index (Phi) is 8.48. The van der Waals surface area contributed by atoms with Gasteiger partial charge in [-0.25, -0.2) is 0 Å². The van der Waals surface area contributed by atoms with Crippen molar-refractivity contribution in [1.82, 2.24) is 0 Å². The van der Waals surface area contributed by atoms with Gasteiger partial charge in [0.2, 0.25) is 0 Å². The van der Waals surface area contributed by atoms with Crippen molar-refractivity contribution in [2.24, 2.45) is 5.92 Å². The maximum Gasteiger partial charge on any atom is 0.269 e. The van der Waals surface area contributed by atoms with Crippen LogP contribution < -0.4 is 24.5 Å². The van der Waals surface area contributed by atoms with Crippen molar-refractivity contribution >= 4 is 58.1 Å². The summed E-state index contributed by atoms with van der Waals surface area (Å²) in [6.45, 7) is 7.04. The van der Waals surface area contributed by atoms with Crippen molar-refractivity contribution < 1.29 is 28.9 Å². The quantitative estimate of drug-likeness (QED) is 0.205. The second-order valence-electron chi connectivity index (χ2n) is 13.4. The van der Waals surface area contributed by atoms with Crippen LogP contribution in [0.5, 0.6) is 11.5 Å². The van der Waals surface area contributed by atoms with Gasteiger partial charge in [0.1, 0.15) is 11.5 Å². The van der Waals surface area contributed by atoms with Gasteiger partial charge in [-0.15, -0.1) is 0 Å². The summed E-state index contributed by atoms with van der Waals surface area (Å²) in [5.41, 5.74) is 2.77. The van der Waals surface area contributed by atoms with Crippen LogP contribution in [0.4, 0.5) is 17.1 Å². The molecule has 1 spiro atoms. The standard InChI is InChI=1S/C38H39BrN2O6Si/c1-24-36(48(3,4)29-15-13-28(45-2)14-16-29)34(18-19-42)47-38(24)30-21-26(39)12-17-31(30)40(37(38)44)22-25-8-7-9-27(20-25)41-32-10-5-6-11-33(32)46-23-35(41)43/h5-17,20-21,24,34,36,42H,18-19,22-23H2,1-4H3/t24-,34+,36-,38+/m0/s1. The minimum Gasteiger partial charge on any atom is -0.497 e. The number of hydrogen-bond acceptors (Lipinski definition) is 6. The van der Waals surface area contributed by atoms with Crippen LogP contribution in [-0.2, 0) is 26.5 Å². The maximum absolute atomic E-state index is 15.0. The average Bonchev–Trinajstić information content (AvgIpc) is 3.51. The number of aliphatic hydroxyl groups is 1. The van der Waals surface area contributed by atoms with Gasteiger partial charge in [-0.1, -0.05) is 77.5 Å². The summed E-state index contributed by atoms with van der Waals surface area (Å²) in [7, 11) is -0.621. The molecule has 7 rings (SSSR count). The van der Waals surface area contributed by atoms with Crippen LogP contribution in [0.3, 0.4) is 0 Å². The van der Waals surface area contributed by atoms with Gasteiger partial charge >= 0.3 is 0 Å². The van der Waals surface area contributed by atoms with Crippen molar-refractivity contribution in [2.75, 3.05) is 30.1 Å². The smallest absolute Gasteiger partial charge is 0.269 e. The molecular weight excluding hydrogens is 688 g/mol. The lowest BCUT2D eigenvalue weighted by molar-refractivity contribution is -0.146. The molecule has 3 heterocycles. The number of nitrogens with zero attached hydrogens (tertiary/aromatic N) is 2. The SMILES string of the molecule is COc1ccc([Si](C)(C)[C@@H]2[C@@H](CCO)O[C@]3(C(=O)N(Cc4cccc(N5C(=O)COc6ccccc65)c4)c4ccc(Br)cc43)[C@H]2C)cc1. The molecule has 3 aliphatic heterocycles. The molecule has 4 aromatic rings. The van der Waals surface area contributed by atoms with E-state index in [-0.39, 0.29) is 42.6 Å². The van der Waals surface area contributed by atoms with E-state index in [0.29, 0.717) is 30.1 Å². The van der Waals surface area contributed by atoms with Gasteiger partial charge < -0.3 is 24.2 Å². The van der Waals surface area contributed by atoms with Crippen LogP contribution in [-0.4, -0.2) is 51.4 Å². The van der Waals surface area contributed by atoms with E-state index in [1.807, 2.05) is 83.8 Å². The molecule has 0 aliphatic carbocycles. The Morgan fingerprint density at radius 1 is 0.979 bits per heavy atom. The topological polar surface area (TPSA) is 88.5 Å². The third kappa shape index (κ3) is 5.17. The summed E-state index contributed by atoms with van der Waals surface area (Å²) in [6.07, 6.45) is 0.136. The third-order valence-electron chi connectivity index (χ3n) is 10.4. The number of rotatable bonds is 8. The fraction of sp³-hybridized carbons (Fsp3) is 0.316. The Morgan fingerprint density at radius 2 is 1.75 bits per heavy atom. The molecule has 4 atom stereocenters. The number of amides is 2. The van der Waals surface area contributed by atoms with E-state index in [4.69, 9.17) is 14.2 Å². The van der Waals surface area contributed by atoms with Gasteiger partial charge in [0, 0.05) is 28.2 Å². The number of anilines is 3. The Morgan fingerprint density at radius 3 is 2.50 bits per heavy atom. The molecule has 0 aromatic heterocycles. The molecule has 10 heteroatoms. The van der Waals surface area contributed by atoms with Crippen molar-refractivity contribution in [2.45, 2.75) is 50.2 Å². The van der Waals surface area contributed by atoms with Gasteiger partial charge in [-0.05, 0) is 72.1 Å². The predicted molar refractivity (Wildman–Crippen MR) is 192 cm³/mol. The normalized spacial score (nSPS) is 23.3. The third-order valence-corrected chi connectivity index (χ3v) is 15.3. The fourth-order valence-corrected chi connectivity index (χ4v) is 12.6. The van der Waals surface area contributed by atoms with Crippen LogP contribution in [0.25, 0.3) is 0 Å². The Hall–Kier alpha value is -3.96. The lowest BCUT2D eigenvalue weighted by Crippen LogP contribution is -2.51. The molecular formula is C38H39BrN2O6Si. The van der Waals surface area contributed by atoms with Crippen LogP contribution in [0.15, 0.2) is 95.5 Å². The van der Waals surface area contributed by atoms with Crippen molar-refractivity contribution in [3.05, 3.63) is 107 Å². The van der Waals surface area contributed by atoms with Gasteiger partial charge in [0.05, 0.1) is 39.2 Å². The van der Waals surface area contributed by atoms with E-state index in [2.05, 4.69) is 48.1 Å². The molecule has 0 unspecified atom stereocenters. The molecule has 1 N–H and O–H groups in total. The zero-order valence-electron chi connectivity index (χ0n) is 27.5. The first kappa shape index (κ1) is 32.6. The van der Waals surface area contributed by atoms with E-state index >= 15 is 0 Å². The highest BCUT2D eigenvalue weighted by Gasteiger charge is 2.66. The molecule has 3 aliphatic rings. The van der Waals surface area contributed by atoms with Gasteiger partial charge in [-0.2, -0.15) is 0 Å². The molecule has 48 heavy (non-hydrogen) atoms. The molecule has 8 nitrogen and oxygen atoms in total. The monoisotopic (exact) mass is 726 g/mol. The highest BCUT2D eigenvalue weighted by molar-refractivity contribution is 9.10. The summed E-state index contributed by atoms with van der Waals surface area (Å²) >= 11 is 3.67. The van der Waals surface area contributed by atoms with Gasteiger partial charge in [-0.3, -0.25) is 14.5 Å². The first-order valence-corrected chi connectivity index (χ1v) is 20.2. The summed E-state index contributed by atoms with van der Waals surface area (Å²) in [5, 5.41) is 11.5. The number of carbonyl (C=O) groups is 2. The first-order valence-electron chi connectivity index (χ1n) is 16.3. The first-order chi connectivity index (χ1) is 23.1. The van der Waals surface area contributed by atoms with E-state index in [9.17, 15) is 14.7 Å². The summed E-state index contributed by atoms with van der Waals surface area (Å²) in [4.78, 5) is 31.6. The number of halogens is 1. The zero-order valence-corrected chi connectivity index (χ0v) is 30.1.